The molecule has 0 radical (unpaired) electrons. The van der Waals surface area contributed by atoms with Crippen molar-refractivity contribution in [3.63, 3.8) is 0 Å². The molecule has 0 aromatic heterocycles. The van der Waals surface area contributed by atoms with Crippen molar-refractivity contribution in [2.24, 2.45) is 0 Å². The summed E-state index contributed by atoms with van der Waals surface area (Å²) in [5.74, 6) is -0.454. The summed E-state index contributed by atoms with van der Waals surface area (Å²) in [6, 6.07) is -0.691. The highest BCUT2D eigenvalue weighted by atomic mass is 16.5. The molecule has 0 aromatic carbocycles. The maximum Gasteiger partial charge on any atom is 0.306 e. The minimum absolute atomic E-state index is 0.0875. The first-order chi connectivity index (χ1) is 28.0. The topological polar surface area (TPSA) is 95.9 Å². The van der Waals surface area contributed by atoms with E-state index in [4.69, 9.17) is 4.74 Å². The number of unbranched alkanes of at least 4 members (excludes halogenated alkanes) is 35. The van der Waals surface area contributed by atoms with Gasteiger partial charge in [0, 0.05) is 6.42 Å². The molecule has 0 fully saturated rings. The molecule has 0 saturated heterocycles. The number of amides is 1. The number of aliphatic hydroxyl groups excluding tert-OH is 2. The minimum Gasteiger partial charge on any atom is -0.462 e. The maximum atomic E-state index is 13.2. The normalized spacial score (nSPS) is 13.1. The molecule has 0 aliphatic rings. The van der Waals surface area contributed by atoms with Gasteiger partial charge in [0.05, 0.1) is 25.2 Å². The van der Waals surface area contributed by atoms with Crippen LogP contribution in [0.15, 0.2) is 0 Å². The van der Waals surface area contributed by atoms with Gasteiger partial charge in [0.15, 0.2) is 0 Å². The Morgan fingerprint density at radius 2 is 0.737 bits per heavy atom. The molecule has 0 rings (SSSR count). The molecule has 0 spiro atoms. The molecule has 0 aromatic rings. The standard InChI is InChI=1S/C51H101NO5/c1-4-7-10-13-16-19-21-23-25-26-28-31-33-36-39-42-47(57-51(56)44-41-38-35-30-18-15-12-9-6-3)45-50(55)52-48(46-53)49(54)43-40-37-34-32-29-27-24-22-20-17-14-11-8-5-2/h47-49,53-54H,4-46H2,1-3H3,(H,52,55). The van der Waals surface area contributed by atoms with Crippen molar-refractivity contribution < 1.29 is 24.5 Å². The van der Waals surface area contributed by atoms with Crippen LogP contribution in [0.2, 0.25) is 0 Å². The minimum atomic E-state index is -0.778. The van der Waals surface area contributed by atoms with E-state index in [0.29, 0.717) is 19.3 Å². The maximum absolute atomic E-state index is 13.2. The van der Waals surface area contributed by atoms with Crippen LogP contribution in [0.5, 0.6) is 0 Å². The van der Waals surface area contributed by atoms with E-state index in [1.807, 2.05) is 0 Å². The van der Waals surface area contributed by atoms with E-state index in [1.165, 1.54) is 199 Å². The Morgan fingerprint density at radius 3 is 1.07 bits per heavy atom. The lowest BCUT2D eigenvalue weighted by atomic mass is 10.0. The number of hydrogen-bond donors (Lipinski definition) is 3. The Labute approximate surface area is 356 Å². The summed E-state index contributed by atoms with van der Waals surface area (Å²) < 4.78 is 5.92. The van der Waals surface area contributed by atoms with Crippen molar-refractivity contribution in [3.8, 4) is 0 Å². The van der Waals surface area contributed by atoms with Gasteiger partial charge in [0.2, 0.25) is 5.91 Å². The SMILES string of the molecule is CCCCCCCCCCCCCCCCCC(CC(=O)NC(CO)C(O)CCCCCCCCCCCCCCCC)OC(=O)CCCCCCCCCCC. The van der Waals surface area contributed by atoms with Crippen LogP contribution in [0.3, 0.4) is 0 Å². The van der Waals surface area contributed by atoms with Gasteiger partial charge in [-0.15, -0.1) is 0 Å². The van der Waals surface area contributed by atoms with Crippen LogP contribution < -0.4 is 5.32 Å². The number of ether oxygens (including phenoxy) is 1. The Balaban J connectivity index is 4.47. The zero-order valence-electron chi connectivity index (χ0n) is 38.8. The third kappa shape index (κ3) is 41.4. The lowest BCUT2D eigenvalue weighted by Gasteiger charge is -2.24. The van der Waals surface area contributed by atoms with E-state index in [9.17, 15) is 19.8 Å². The first kappa shape index (κ1) is 55.9. The van der Waals surface area contributed by atoms with Crippen molar-refractivity contribution in [1.29, 1.82) is 0 Å². The molecule has 0 aliphatic carbocycles. The molecule has 1 amide bonds. The van der Waals surface area contributed by atoms with Gasteiger partial charge in [-0.05, 0) is 25.7 Å². The third-order valence-electron chi connectivity index (χ3n) is 12.2. The Bertz CT molecular complexity index is 821. The summed E-state index contributed by atoms with van der Waals surface area (Å²) in [4.78, 5) is 26.0. The van der Waals surface area contributed by atoms with Gasteiger partial charge in [-0.3, -0.25) is 9.59 Å². The number of hydrogen-bond acceptors (Lipinski definition) is 5. The van der Waals surface area contributed by atoms with Gasteiger partial charge in [0.1, 0.15) is 6.10 Å². The van der Waals surface area contributed by atoms with Gasteiger partial charge in [-0.1, -0.05) is 252 Å². The average Bonchev–Trinajstić information content (AvgIpc) is 3.20. The van der Waals surface area contributed by atoms with Crippen LogP contribution in [0.1, 0.15) is 290 Å². The third-order valence-corrected chi connectivity index (χ3v) is 12.2. The molecule has 3 atom stereocenters. The monoisotopic (exact) mass is 808 g/mol. The van der Waals surface area contributed by atoms with Gasteiger partial charge >= 0.3 is 5.97 Å². The van der Waals surface area contributed by atoms with E-state index < -0.39 is 18.2 Å². The Kier molecular flexibility index (Phi) is 45.0. The molecule has 0 saturated carbocycles. The molecule has 3 N–H and O–H groups in total. The number of carbonyl (C=O) groups excluding carboxylic acids is 2. The zero-order valence-corrected chi connectivity index (χ0v) is 38.8. The molecule has 57 heavy (non-hydrogen) atoms. The van der Waals surface area contributed by atoms with Crippen molar-refractivity contribution in [1.82, 2.24) is 5.32 Å². The van der Waals surface area contributed by atoms with Gasteiger partial charge in [0.25, 0.3) is 0 Å². The second kappa shape index (κ2) is 45.9. The van der Waals surface area contributed by atoms with Crippen molar-refractivity contribution in [2.45, 2.75) is 309 Å². The largest absolute Gasteiger partial charge is 0.462 e. The highest BCUT2D eigenvalue weighted by Crippen LogP contribution is 2.19. The van der Waals surface area contributed by atoms with E-state index >= 15 is 0 Å². The summed E-state index contributed by atoms with van der Waals surface area (Å²) >= 11 is 0. The Hall–Kier alpha value is -1.14. The highest BCUT2D eigenvalue weighted by Gasteiger charge is 2.24. The highest BCUT2D eigenvalue weighted by molar-refractivity contribution is 5.77. The second-order valence-electron chi connectivity index (χ2n) is 17.9. The van der Waals surface area contributed by atoms with Crippen LogP contribution in [0.25, 0.3) is 0 Å². The number of carbonyl (C=O) groups is 2. The first-order valence-corrected chi connectivity index (χ1v) is 25.8. The summed E-state index contributed by atoms with van der Waals surface area (Å²) in [5.41, 5.74) is 0. The predicted molar refractivity (Wildman–Crippen MR) is 246 cm³/mol. The fraction of sp³-hybridized carbons (Fsp3) is 0.961. The van der Waals surface area contributed by atoms with E-state index in [1.54, 1.807) is 0 Å². The lowest BCUT2D eigenvalue weighted by molar-refractivity contribution is -0.151. The van der Waals surface area contributed by atoms with Crippen LogP contribution in [0, 0.1) is 0 Å². The van der Waals surface area contributed by atoms with Crippen molar-refractivity contribution >= 4 is 11.9 Å². The summed E-state index contributed by atoms with van der Waals surface area (Å²) in [6.07, 6.45) is 48.8. The quantitative estimate of drug-likeness (QED) is 0.0420. The predicted octanol–water partition coefficient (Wildman–Crippen LogP) is 15.2. The zero-order chi connectivity index (χ0) is 41.7. The molecule has 0 heterocycles. The average molecular weight is 808 g/mol. The number of aliphatic hydroxyl groups is 2. The van der Waals surface area contributed by atoms with Crippen LogP contribution >= 0.6 is 0 Å². The van der Waals surface area contributed by atoms with Gasteiger partial charge in [-0.25, -0.2) is 0 Å². The van der Waals surface area contributed by atoms with Crippen LogP contribution in [-0.4, -0.2) is 46.9 Å². The van der Waals surface area contributed by atoms with Gasteiger partial charge in [-0.2, -0.15) is 0 Å². The lowest BCUT2D eigenvalue weighted by Crippen LogP contribution is -2.46. The fourth-order valence-corrected chi connectivity index (χ4v) is 8.26. The molecule has 3 unspecified atom stereocenters. The fourth-order valence-electron chi connectivity index (χ4n) is 8.26. The summed E-state index contributed by atoms with van der Waals surface area (Å²) in [6.45, 7) is 6.50. The molecular formula is C51H101NO5. The molecule has 0 bridgehead atoms. The number of nitrogens with one attached hydrogen (secondary N) is 1. The molecule has 6 nitrogen and oxygen atoms in total. The van der Waals surface area contributed by atoms with E-state index in [0.717, 1.165) is 44.9 Å². The first-order valence-electron chi connectivity index (χ1n) is 25.8. The van der Waals surface area contributed by atoms with E-state index in [2.05, 4.69) is 26.1 Å². The molecular weight excluding hydrogens is 707 g/mol. The van der Waals surface area contributed by atoms with Crippen LogP contribution in [0.4, 0.5) is 0 Å². The van der Waals surface area contributed by atoms with E-state index in [-0.39, 0.29) is 24.9 Å². The summed E-state index contributed by atoms with van der Waals surface area (Å²) in [7, 11) is 0. The Morgan fingerprint density at radius 1 is 0.439 bits per heavy atom. The second-order valence-corrected chi connectivity index (χ2v) is 17.9. The van der Waals surface area contributed by atoms with Gasteiger partial charge < -0.3 is 20.3 Å². The van der Waals surface area contributed by atoms with Crippen molar-refractivity contribution in [2.75, 3.05) is 6.61 Å². The van der Waals surface area contributed by atoms with Crippen LogP contribution in [-0.2, 0) is 14.3 Å². The number of rotatable bonds is 47. The molecule has 340 valence electrons. The molecule has 0 aliphatic heterocycles. The summed E-state index contributed by atoms with van der Waals surface area (Å²) in [5, 5.41) is 23.8. The number of esters is 1. The smallest absolute Gasteiger partial charge is 0.306 e. The molecule has 6 heteroatoms. The van der Waals surface area contributed by atoms with Crippen molar-refractivity contribution in [3.05, 3.63) is 0 Å².